The first kappa shape index (κ1) is 15.8. The third-order valence-electron chi connectivity index (χ3n) is 3.46. The van der Waals surface area contributed by atoms with Gasteiger partial charge in [-0.25, -0.2) is 8.42 Å². The molecule has 0 unspecified atom stereocenters. The van der Waals surface area contributed by atoms with Gasteiger partial charge in [-0.1, -0.05) is 31.5 Å². The lowest BCUT2D eigenvalue weighted by Gasteiger charge is -2.17. The van der Waals surface area contributed by atoms with E-state index in [1.54, 1.807) is 25.2 Å². The zero-order valence-electron chi connectivity index (χ0n) is 12.1. The Morgan fingerprint density at radius 2 is 2.05 bits per heavy atom. The molecule has 1 aromatic carbocycles. The number of halogens is 1. The number of nitrogens with zero attached hydrogens (tertiary/aromatic N) is 1. The van der Waals surface area contributed by atoms with Crippen LogP contribution in [0.5, 0.6) is 0 Å². The Balaban J connectivity index is 2.19. The first-order valence-electron chi connectivity index (χ1n) is 6.82. The van der Waals surface area contributed by atoms with E-state index < -0.39 is 10.0 Å². The van der Waals surface area contributed by atoms with Crippen molar-refractivity contribution in [1.29, 1.82) is 0 Å². The van der Waals surface area contributed by atoms with E-state index >= 15 is 0 Å². The van der Waals surface area contributed by atoms with Crippen molar-refractivity contribution >= 4 is 21.6 Å². The van der Waals surface area contributed by atoms with Crippen LogP contribution in [-0.2, 0) is 16.6 Å². The number of sulfonamides is 1. The molecule has 0 radical (unpaired) electrons. The monoisotopic (exact) mass is 316 g/mol. The minimum Gasteiger partial charge on any atom is -0.310 e. The van der Waals surface area contributed by atoms with Crippen LogP contribution in [0.4, 0.5) is 0 Å². The number of nitrogens with one attached hydrogen (secondary N) is 1. The fourth-order valence-corrected chi connectivity index (χ4v) is 3.70. The SMILES string of the molecule is CC(C)NCc1ccc(S(=O)(=O)N(C)C2CC2)cc1Cl. The van der Waals surface area contributed by atoms with Gasteiger partial charge in [0.1, 0.15) is 0 Å². The molecule has 1 aliphatic rings. The second-order valence-electron chi connectivity index (χ2n) is 5.54. The Bertz CT molecular complexity index is 583. The lowest BCUT2D eigenvalue weighted by atomic mass is 10.2. The average molecular weight is 317 g/mol. The summed E-state index contributed by atoms with van der Waals surface area (Å²) in [7, 11) is -1.78. The fourth-order valence-electron chi connectivity index (χ4n) is 1.95. The van der Waals surface area contributed by atoms with E-state index in [9.17, 15) is 8.42 Å². The Hall–Kier alpha value is -0.620. The minimum atomic E-state index is -3.42. The number of rotatable bonds is 6. The molecule has 0 aliphatic heterocycles. The van der Waals surface area contributed by atoms with Crippen LogP contribution in [-0.4, -0.2) is 31.9 Å². The van der Waals surface area contributed by atoms with Gasteiger partial charge in [-0.05, 0) is 30.5 Å². The van der Waals surface area contributed by atoms with Crippen LogP contribution in [0.2, 0.25) is 5.02 Å². The van der Waals surface area contributed by atoms with E-state index in [2.05, 4.69) is 19.2 Å². The fraction of sp³-hybridized carbons (Fsp3) is 0.571. The number of hydrogen-bond donors (Lipinski definition) is 1. The molecular weight excluding hydrogens is 296 g/mol. The van der Waals surface area contributed by atoms with E-state index in [0.717, 1.165) is 18.4 Å². The highest BCUT2D eigenvalue weighted by molar-refractivity contribution is 7.89. The summed E-state index contributed by atoms with van der Waals surface area (Å²) in [4.78, 5) is 0.269. The smallest absolute Gasteiger partial charge is 0.243 e. The van der Waals surface area contributed by atoms with Gasteiger partial charge in [0.15, 0.2) is 0 Å². The Morgan fingerprint density at radius 1 is 1.40 bits per heavy atom. The van der Waals surface area contributed by atoms with Crippen molar-refractivity contribution in [3.05, 3.63) is 28.8 Å². The van der Waals surface area contributed by atoms with Crippen LogP contribution in [0.1, 0.15) is 32.3 Å². The number of hydrogen-bond acceptors (Lipinski definition) is 3. The van der Waals surface area contributed by atoms with Gasteiger partial charge < -0.3 is 5.32 Å². The molecule has 0 amide bonds. The quantitative estimate of drug-likeness (QED) is 0.877. The molecule has 0 saturated heterocycles. The van der Waals surface area contributed by atoms with E-state index in [1.807, 2.05) is 0 Å². The normalized spacial score (nSPS) is 16.1. The Labute approximate surface area is 126 Å². The summed E-state index contributed by atoms with van der Waals surface area (Å²) in [6.45, 7) is 4.74. The van der Waals surface area contributed by atoms with Gasteiger partial charge in [0, 0.05) is 30.7 Å². The molecule has 1 saturated carbocycles. The molecule has 0 bridgehead atoms. The third-order valence-corrected chi connectivity index (χ3v) is 5.72. The summed E-state index contributed by atoms with van der Waals surface area (Å²) in [6.07, 6.45) is 1.89. The molecule has 4 nitrogen and oxygen atoms in total. The minimum absolute atomic E-state index is 0.154. The van der Waals surface area contributed by atoms with Gasteiger partial charge in [0.05, 0.1) is 4.90 Å². The maximum atomic E-state index is 12.4. The molecule has 112 valence electrons. The molecular formula is C14H21ClN2O2S. The molecule has 20 heavy (non-hydrogen) atoms. The molecule has 2 rings (SSSR count). The molecule has 1 fully saturated rings. The molecule has 1 aromatic rings. The summed E-state index contributed by atoms with van der Waals surface area (Å²) in [5.74, 6) is 0. The van der Waals surface area contributed by atoms with Gasteiger partial charge in [-0.15, -0.1) is 0 Å². The van der Waals surface area contributed by atoms with Crippen LogP contribution >= 0.6 is 11.6 Å². The van der Waals surface area contributed by atoms with Gasteiger partial charge in [-0.2, -0.15) is 4.31 Å². The van der Waals surface area contributed by atoms with Crippen molar-refractivity contribution in [2.75, 3.05) is 7.05 Å². The maximum Gasteiger partial charge on any atom is 0.243 e. The standard InChI is InChI=1S/C14H21ClN2O2S/c1-10(2)16-9-11-4-7-13(8-14(11)15)20(18,19)17(3)12-5-6-12/h4,7-8,10,12,16H,5-6,9H2,1-3H3. The molecule has 0 heterocycles. The summed E-state index contributed by atoms with van der Waals surface area (Å²) in [6, 6.07) is 5.48. The first-order valence-corrected chi connectivity index (χ1v) is 8.64. The molecule has 0 aromatic heterocycles. The Morgan fingerprint density at radius 3 is 2.55 bits per heavy atom. The largest absolute Gasteiger partial charge is 0.310 e. The predicted molar refractivity (Wildman–Crippen MR) is 81.4 cm³/mol. The summed E-state index contributed by atoms with van der Waals surface area (Å²) < 4.78 is 26.2. The van der Waals surface area contributed by atoms with Crippen molar-refractivity contribution in [1.82, 2.24) is 9.62 Å². The summed E-state index contributed by atoms with van der Waals surface area (Å²) >= 11 is 6.20. The zero-order chi connectivity index (χ0) is 14.9. The topological polar surface area (TPSA) is 49.4 Å². The summed E-state index contributed by atoms with van der Waals surface area (Å²) in [5, 5.41) is 3.76. The molecule has 0 spiro atoms. The highest BCUT2D eigenvalue weighted by Gasteiger charge is 2.35. The second kappa shape index (κ2) is 6.02. The molecule has 6 heteroatoms. The molecule has 1 aliphatic carbocycles. The van der Waals surface area contributed by atoms with E-state index in [4.69, 9.17) is 11.6 Å². The molecule has 1 N–H and O–H groups in total. The van der Waals surface area contributed by atoms with Crippen molar-refractivity contribution < 1.29 is 8.42 Å². The molecule has 0 atom stereocenters. The van der Waals surface area contributed by atoms with Gasteiger partial charge in [-0.3, -0.25) is 0 Å². The van der Waals surface area contributed by atoms with Gasteiger partial charge in [0.2, 0.25) is 10.0 Å². The average Bonchev–Trinajstić information content (AvgIpc) is 3.20. The van der Waals surface area contributed by atoms with Crippen LogP contribution in [0.25, 0.3) is 0 Å². The summed E-state index contributed by atoms with van der Waals surface area (Å²) in [5.41, 5.74) is 0.911. The van der Waals surface area contributed by atoms with Gasteiger partial charge >= 0.3 is 0 Å². The second-order valence-corrected chi connectivity index (χ2v) is 7.95. The van der Waals surface area contributed by atoms with Crippen LogP contribution < -0.4 is 5.32 Å². The van der Waals surface area contributed by atoms with Crippen molar-refractivity contribution in [2.45, 2.75) is 50.2 Å². The van der Waals surface area contributed by atoms with Crippen molar-refractivity contribution in [3.8, 4) is 0 Å². The predicted octanol–water partition coefficient (Wildman–Crippen LogP) is 2.62. The van der Waals surface area contributed by atoms with E-state index in [-0.39, 0.29) is 10.9 Å². The number of benzene rings is 1. The maximum absolute atomic E-state index is 12.4. The first-order chi connectivity index (χ1) is 9.32. The van der Waals surface area contributed by atoms with Crippen molar-refractivity contribution in [2.24, 2.45) is 0 Å². The zero-order valence-corrected chi connectivity index (χ0v) is 13.6. The lowest BCUT2D eigenvalue weighted by Crippen LogP contribution is -2.29. The Kier molecular flexibility index (Phi) is 4.74. The van der Waals surface area contributed by atoms with Gasteiger partial charge in [0.25, 0.3) is 0 Å². The van der Waals surface area contributed by atoms with Crippen LogP contribution in [0.3, 0.4) is 0 Å². The lowest BCUT2D eigenvalue weighted by molar-refractivity contribution is 0.464. The van der Waals surface area contributed by atoms with E-state index in [0.29, 0.717) is 17.6 Å². The van der Waals surface area contributed by atoms with Crippen molar-refractivity contribution in [3.63, 3.8) is 0 Å². The third kappa shape index (κ3) is 3.52. The van der Waals surface area contributed by atoms with E-state index in [1.165, 1.54) is 4.31 Å². The van der Waals surface area contributed by atoms with Crippen LogP contribution in [0, 0.1) is 0 Å². The highest BCUT2D eigenvalue weighted by atomic mass is 35.5. The highest BCUT2D eigenvalue weighted by Crippen LogP contribution is 2.31. The van der Waals surface area contributed by atoms with Crippen LogP contribution in [0.15, 0.2) is 23.1 Å².